The molecule has 2 aromatic rings. The number of hydrogen-bond donors (Lipinski definition) is 0. The minimum atomic E-state index is 0.0316. The fraction of sp³-hybridized carbons (Fsp3) is 0.231. The molecule has 0 bridgehead atoms. The van der Waals surface area contributed by atoms with Gasteiger partial charge in [0.05, 0.1) is 10.7 Å². The van der Waals surface area contributed by atoms with Crippen LogP contribution >= 0.6 is 11.6 Å². The summed E-state index contributed by atoms with van der Waals surface area (Å²) in [6.07, 6.45) is 1.67. The summed E-state index contributed by atoms with van der Waals surface area (Å²) >= 11 is 5.88. The maximum Gasteiger partial charge on any atom is 0.184 e. The summed E-state index contributed by atoms with van der Waals surface area (Å²) in [4.78, 5) is 11.9. The molecule has 0 saturated heterocycles. The van der Waals surface area contributed by atoms with E-state index in [-0.39, 0.29) is 12.3 Å². The minimum Gasteiger partial charge on any atom is -0.292 e. The zero-order valence-electron chi connectivity index (χ0n) is 9.77. The monoisotopic (exact) mass is 248 g/mol. The standard InChI is InChI=1S/C13H13ClN2O/c1-9-3-5-11(6-4-9)13(17)8-16-7-12(14)10(2)15-16/h3-7H,8H2,1-2H3. The normalized spacial score (nSPS) is 10.5. The summed E-state index contributed by atoms with van der Waals surface area (Å²) in [6, 6.07) is 7.51. The lowest BCUT2D eigenvalue weighted by Crippen LogP contribution is -2.10. The van der Waals surface area contributed by atoms with E-state index in [1.54, 1.807) is 10.9 Å². The van der Waals surface area contributed by atoms with Crippen LogP contribution in [0.3, 0.4) is 0 Å². The van der Waals surface area contributed by atoms with Gasteiger partial charge in [0.2, 0.25) is 0 Å². The predicted molar refractivity (Wildman–Crippen MR) is 67.5 cm³/mol. The number of hydrogen-bond acceptors (Lipinski definition) is 2. The summed E-state index contributed by atoms with van der Waals surface area (Å²) in [5.74, 6) is 0.0316. The zero-order valence-corrected chi connectivity index (χ0v) is 10.5. The number of carbonyl (C=O) groups excluding carboxylic acids is 1. The van der Waals surface area contributed by atoms with Crippen molar-refractivity contribution in [3.8, 4) is 0 Å². The Hall–Kier alpha value is -1.61. The third kappa shape index (κ3) is 2.74. The molecule has 0 saturated carbocycles. The van der Waals surface area contributed by atoms with Gasteiger partial charge in [-0.25, -0.2) is 0 Å². The van der Waals surface area contributed by atoms with Crippen LogP contribution in [0.5, 0.6) is 0 Å². The van der Waals surface area contributed by atoms with E-state index in [0.717, 1.165) is 11.3 Å². The molecule has 1 heterocycles. The molecule has 0 amide bonds. The zero-order chi connectivity index (χ0) is 12.4. The number of rotatable bonds is 3. The molecule has 3 nitrogen and oxygen atoms in total. The number of carbonyl (C=O) groups is 1. The molecule has 0 radical (unpaired) electrons. The minimum absolute atomic E-state index is 0.0316. The van der Waals surface area contributed by atoms with Crippen LogP contribution in [0, 0.1) is 13.8 Å². The fourth-order valence-electron chi connectivity index (χ4n) is 1.55. The maximum atomic E-state index is 11.9. The molecule has 0 aliphatic heterocycles. The first-order valence-corrected chi connectivity index (χ1v) is 5.73. The molecule has 1 aromatic carbocycles. The first-order chi connectivity index (χ1) is 8.06. The van der Waals surface area contributed by atoms with E-state index in [0.29, 0.717) is 10.6 Å². The highest BCUT2D eigenvalue weighted by molar-refractivity contribution is 6.31. The Kier molecular flexibility index (Phi) is 3.29. The van der Waals surface area contributed by atoms with Crippen molar-refractivity contribution in [1.82, 2.24) is 9.78 Å². The average molecular weight is 249 g/mol. The Morgan fingerprint density at radius 2 is 1.94 bits per heavy atom. The lowest BCUT2D eigenvalue weighted by atomic mass is 10.1. The van der Waals surface area contributed by atoms with Gasteiger partial charge < -0.3 is 0 Å². The molecular weight excluding hydrogens is 236 g/mol. The number of halogens is 1. The predicted octanol–water partition coefficient (Wildman–Crippen LogP) is 3.04. The largest absolute Gasteiger partial charge is 0.292 e. The highest BCUT2D eigenvalue weighted by Gasteiger charge is 2.08. The SMILES string of the molecule is Cc1ccc(C(=O)Cn2cc(Cl)c(C)n2)cc1. The van der Waals surface area contributed by atoms with E-state index in [1.807, 2.05) is 38.1 Å². The van der Waals surface area contributed by atoms with Gasteiger partial charge in [-0.2, -0.15) is 5.10 Å². The van der Waals surface area contributed by atoms with Gasteiger partial charge in [-0.1, -0.05) is 41.4 Å². The van der Waals surface area contributed by atoms with Crippen molar-refractivity contribution in [2.75, 3.05) is 0 Å². The lowest BCUT2D eigenvalue weighted by molar-refractivity contribution is 0.0967. The highest BCUT2D eigenvalue weighted by Crippen LogP contribution is 2.13. The Morgan fingerprint density at radius 3 is 2.47 bits per heavy atom. The van der Waals surface area contributed by atoms with Crippen LogP contribution in [0.2, 0.25) is 5.02 Å². The number of ketones is 1. The maximum absolute atomic E-state index is 11.9. The fourth-order valence-corrected chi connectivity index (χ4v) is 1.70. The Bertz CT molecular complexity index is 524. The molecule has 0 N–H and O–H groups in total. The van der Waals surface area contributed by atoms with Crippen molar-refractivity contribution in [3.05, 3.63) is 52.3 Å². The summed E-state index contributed by atoms with van der Waals surface area (Å²) in [5, 5.41) is 4.74. The molecule has 0 fully saturated rings. The molecule has 2 rings (SSSR count). The van der Waals surface area contributed by atoms with Crippen molar-refractivity contribution in [3.63, 3.8) is 0 Å². The molecule has 0 spiro atoms. The first kappa shape index (κ1) is 11.9. The van der Waals surface area contributed by atoms with Crippen molar-refractivity contribution in [1.29, 1.82) is 0 Å². The summed E-state index contributed by atoms with van der Waals surface area (Å²) in [5.41, 5.74) is 2.57. The van der Waals surface area contributed by atoms with Gasteiger partial charge in [-0.3, -0.25) is 9.48 Å². The molecule has 0 unspecified atom stereocenters. The van der Waals surface area contributed by atoms with Crippen LogP contribution in [0.4, 0.5) is 0 Å². The Morgan fingerprint density at radius 1 is 1.29 bits per heavy atom. The van der Waals surface area contributed by atoms with Crippen LogP contribution < -0.4 is 0 Å². The summed E-state index contributed by atoms with van der Waals surface area (Å²) in [6.45, 7) is 4.02. The number of Topliss-reactive ketones (excluding diaryl/α,β-unsaturated/α-hetero) is 1. The van der Waals surface area contributed by atoms with E-state index in [4.69, 9.17) is 11.6 Å². The van der Waals surface area contributed by atoms with Gasteiger partial charge in [-0.15, -0.1) is 0 Å². The summed E-state index contributed by atoms with van der Waals surface area (Å²) < 4.78 is 1.57. The van der Waals surface area contributed by atoms with Gasteiger partial charge >= 0.3 is 0 Å². The van der Waals surface area contributed by atoms with Gasteiger partial charge in [0.1, 0.15) is 6.54 Å². The van der Waals surface area contributed by atoms with Crippen LogP contribution in [-0.2, 0) is 6.54 Å². The topological polar surface area (TPSA) is 34.9 Å². The smallest absolute Gasteiger partial charge is 0.184 e. The van der Waals surface area contributed by atoms with Gasteiger partial charge in [-0.05, 0) is 13.8 Å². The van der Waals surface area contributed by atoms with Crippen LogP contribution in [0.1, 0.15) is 21.6 Å². The van der Waals surface area contributed by atoms with Crippen molar-refractivity contribution in [2.24, 2.45) is 0 Å². The number of nitrogens with zero attached hydrogens (tertiary/aromatic N) is 2. The molecule has 0 aliphatic rings. The van der Waals surface area contributed by atoms with Crippen molar-refractivity contribution >= 4 is 17.4 Å². The third-order valence-electron chi connectivity index (χ3n) is 2.57. The van der Waals surface area contributed by atoms with Crippen molar-refractivity contribution < 1.29 is 4.79 Å². The van der Waals surface area contributed by atoms with Gasteiger partial charge in [0.15, 0.2) is 5.78 Å². The van der Waals surface area contributed by atoms with E-state index < -0.39 is 0 Å². The lowest BCUT2D eigenvalue weighted by Gasteiger charge is -2.01. The number of benzene rings is 1. The summed E-state index contributed by atoms with van der Waals surface area (Å²) in [7, 11) is 0. The second-order valence-corrected chi connectivity index (χ2v) is 4.46. The Balaban J connectivity index is 2.14. The van der Waals surface area contributed by atoms with E-state index in [9.17, 15) is 4.79 Å². The molecular formula is C13H13ClN2O. The molecule has 0 aliphatic carbocycles. The molecule has 0 atom stereocenters. The van der Waals surface area contributed by atoms with E-state index in [2.05, 4.69) is 5.10 Å². The molecule has 88 valence electrons. The quantitative estimate of drug-likeness (QED) is 0.783. The average Bonchev–Trinajstić information content (AvgIpc) is 2.58. The molecule has 17 heavy (non-hydrogen) atoms. The van der Waals surface area contributed by atoms with Crippen LogP contribution in [0.15, 0.2) is 30.5 Å². The highest BCUT2D eigenvalue weighted by atomic mass is 35.5. The second kappa shape index (κ2) is 4.72. The van der Waals surface area contributed by atoms with E-state index in [1.165, 1.54) is 0 Å². The van der Waals surface area contributed by atoms with Gasteiger partial charge in [0.25, 0.3) is 0 Å². The molecule has 1 aromatic heterocycles. The first-order valence-electron chi connectivity index (χ1n) is 5.35. The van der Waals surface area contributed by atoms with Crippen LogP contribution in [-0.4, -0.2) is 15.6 Å². The van der Waals surface area contributed by atoms with Crippen molar-refractivity contribution in [2.45, 2.75) is 20.4 Å². The number of aryl methyl sites for hydroxylation is 2. The van der Waals surface area contributed by atoms with Gasteiger partial charge in [0, 0.05) is 11.8 Å². The number of aromatic nitrogens is 2. The third-order valence-corrected chi connectivity index (χ3v) is 2.94. The molecule has 4 heteroatoms. The Labute approximate surface area is 105 Å². The second-order valence-electron chi connectivity index (χ2n) is 4.05. The van der Waals surface area contributed by atoms with Crippen LogP contribution in [0.25, 0.3) is 0 Å². The van der Waals surface area contributed by atoms with E-state index >= 15 is 0 Å².